The predicted molar refractivity (Wildman–Crippen MR) is 58.1 cm³/mol. The van der Waals surface area contributed by atoms with Crippen molar-refractivity contribution in [3.05, 3.63) is 28.2 Å². The van der Waals surface area contributed by atoms with E-state index in [4.69, 9.17) is 5.11 Å². The molecule has 1 heterocycles. The number of hydrogen-bond donors (Lipinski definition) is 2. The first-order chi connectivity index (χ1) is 7.58. The Morgan fingerprint density at radius 2 is 2.31 bits per heavy atom. The van der Waals surface area contributed by atoms with Crippen LogP contribution in [0.4, 0.5) is 0 Å². The van der Waals surface area contributed by atoms with E-state index in [1.807, 2.05) is 6.92 Å². The van der Waals surface area contributed by atoms with Gasteiger partial charge >= 0.3 is 0 Å². The first-order valence-corrected chi connectivity index (χ1v) is 5.04. The number of nitrogens with one attached hydrogen (secondary N) is 1. The highest BCUT2D eigenvalue weighted by Crippen LogP contribution is 1.94. The minimum absolute atomic E-state index is 0.117. The second-order valence-corrected chi connectivity index (χ2v) is 3.44. The zero-order valence-electron chi connectivity index (χ0n) is 9.30. The second kappa shape index (κ2) is 5.41. The van der Waals surface area contributed by atoms with Crippen LogP contribution in [0, 0.1) is 0 Å². The molecule has 0 fully saturated rings. The summed E-state index contributed by atoms with van der Waals surface area (Å²) in [4.78, 5) is 22.7. The SMILES string of the molecule is CCC(CO)NC(=O)c1ccc(=O)n(C)n1. The molecule has 0 radical (unpaired) electrons. The number of carbonyl (C=O) groups is 1. The zero-order chi connectivity index (χ0) is 12.1. The Bertz CT molecular complexity index is 424. The Kier molecular flexibility index (Phi) is 4.19. The van der Waals surface area contributed by atoms with E-state index in [-0.39, 0.29) is 23.9 Å². The van der Waals surface area contributed by atoms with Crippen molar-refractivity contribution in [2.24, 2.45) is 7.05 Å². The van der Waals surface area contributed by atoms with Gasteiger partial charge in [0.05, 0.1) is 12.6 Å². The van der Waals surface area contributed by atoms with Crippen LogP contribution in [0.2, 0.25) is 0 Å². The van der Waals surface area contributed by atoms with Crippen molar-refractivity contribution >= 4 is 5.91 Å². The van der Waals surface area contributed by atoms with Gasteiger partial charge in [0.2, 0.25) is 0 Å². The highest BCUT2D eigenvalue weighted by atomic mass is 16.3. The molecule has 0 bridgehead atoms. The molecule has 88 valence electrons. The van der Waals surface area contributed by atoms with Gasteiger partial charge in [-0.1, -0.05) is 6.92 Å². The molecule has 0 aliphatic heterocycles. The maximum absolute atomic E-state index is 11.6. The average molecular weight is 225 g/mol. The van der Waals surface area contributed by atoms with Crippen LogP contribution < -0.4 is 10.9 Å². The first kappa shape index (κ1) is 12.4. The molecule has 0 aliphatic carbocycles. The van der Waals surface area contributed by atoms with Crippen LogP contribution in [0.25, 0.3) is 0 Å². The van der Waals surface area contributed by atoms with E-state index in [1.54, 1.807) is 0 Å². The van der Waals surface area contributed by atoms with E-state index < -0.39 is 5.91 Å². The minimum Gasteiger partial charge on any atom is -0.394 e. The zero-order valence-corrected chi connectivity index (χ0v) is 9.30. The van der Waals surface area contributed by atoms with Gasteiger partial charge in [-0.15, -0.1) is 0 Å². The summed E-state index contributed by atoms with van der Waals surface area (Å²) in [6.07, 6.45) is 0.633. The first-order valence-electron chi connectivity index (χ1n) is 5.04. The second-order valence-electron chi connectivity index (χ2n) is 3.44. The molecule has 6 heteroatoms. The van der Waals surface area contributed by atoms with Crippen LogP contribution in [0.15, 0.2) is 16.9 Å². The molecule has 16 heavy (non-hydrogen) atoms. The lowest BCUT2D eigenvalue weighted by molar-refractivity contribution is 0.0907. The summed E-state index contributed by atoms with van der Waals surface area (Å²) in [5.74, 6) is -0.392. The number of aromatic nitrogens is 2. The smallest absolute Gasteiger partial charge is 0.272 e. The van der Waals surface area contributed by atoms with Crippen LogP contribution in [0.3, 0.4) is 0 Å². The Hall–Kier alpha value is -1.69. The number of aryl methyl sites for hydroxylation is 1. The maximum Gasteiger partial charge on any atom is 0.272 e. The Morgan fingerprint density at radius 1 is 1.62 bits per heavy atom. The molecular formula is C10H15N3O3. The van der Waals surface area contributed by atoms with Gasteiger partial charge in [-0.25, -0.2) is 4.68 Å². The number of aliphatic hydroxyl groups excluding tert-OH is 1. The lowest BCUT2D eigenvalue weighted by Gasteiger charge is -2.13. The lowest BCUT2D eigenvalue weighted by Crippen LogP contribution is -2.38. The molecule has 0 spiro atoms. The largest absolute Gasteiger partial charge is 0.394 e. The standard InChI is InChI=1S/C10H15N3O3/c1-3-7(6-14)11-10(16)8-4-5-9(15)13(2)12-8/h4-5,7,14H,3,6H2,1-2H3,(H,11,16). The van der Waals surface area contributed by atoms with Crippen molar-refractivity contribution in [1.82, 2.24) is 15.1 Å². The summed E-state index contributed by atoms with van der Waals surface area (Å²) in [7, 11) is 1.47. The van der Waals surface area contributed by atoms with Crippen LogP contribution in [-0.4, -0.2) is 33.4 Å². The molecule has 1 rings (SSSR count). The Balaban J connectivity index is 2.80. The van der Waals surface area contributed by atoms with Crippen LogP contribution >= 0.6 is 0 Å². The molecular weight excluding hydrogens is 210 g/mol. The summed E-state index contributed by atoms with van der Waals surface area (Å²) in [5.41, 5.74) is -0.111. The van der Waals surface area contributed by atoms with Crippen LogP contribution in [0.5, 0.6) is 0 Å². The minimum atomic E-state index is -0.392. The van der Waals surface area contributed by atoms with E-state index in [2.05, 4.69) is 10.4 Å². The number of hydrogen-bond acceptors (Lipinski definition) is 4. The van der Waals surface area contributed by atoms with Crippen LogP contribution in [0.1, 0.15) is 23.8 Å². The van der Waals surface area contributed by atoms with Gasteiger partial charge in [0.25, 0.3) is 11.5 Å². The molecule has 0 aliphatic rings. The van der Waals surface area contributed by atoms with Gasteiger partial charge in [-0.05, 0) is 12.5 Å². The molecule has 0 saturated carbocycles. The highest BCUT2D eigenvalue weighted by Gasteiger charge is 2.12. The third kappa shape index (κ3) is 2.90. The molecule has 1 unspecified atom stereocenters. The van der Waals surface area contributed by atoms with Gasteiger partial charge in [-0.2, -0.15) is 5.10 Å². The lowest BCUT2D eigenvalue weighted by atomic mass is 10.2. The van der Waals surface area contributed by atoms with Crippen molar-refractivity contribution < 1.29 is 9.90 Å². The quantitative estimate of drug-likeness (QED) is 0.708. The number of carbonyl (C=O) groups excluding carboxylic acids is 1. The summed E-state index contributed by atoms with van der Waals surface area (Å²) >= 11 is 0. The monoisotopic (exact) mass is 225 g/mol. The summed E-state index contributed by atoms with van der Waals surface area (Å²) in [6, 6.07) is 2.36. The van der Waals surface area contributed by atoms with E-state index in [0.29, 0.717) is 6.42 Å². The number of amides is 1. The summed E-state index contributed by atoms with van der Waals surface area (Å²) in [5, 5.41) is 15.3. The average Bonchev–Trinajstić information content (AvgIpc) is 2.29. The molecule has 6 nitrogen and oxygen atoms in total. The van der Waals surface area contributed by atoms with E-state index >= 15 is 0 Å². The molecule has 0 saturated heterocycles. The van der Waals surface area contributed by atoms with Gasteiger partial charge in [0, 0.05) is 13.1 Å². The van der Waals surface area contributed by atoms with Gasteiger partial charge in [-0.3, -0.25) is 9.59 Å². The van der Waals surface area contributed by atoms with E-state index in [1.165, 1.54) is 19.2 Å². The van der Waals surface area contributed by atoms with Crippen molar-refractivity contribution in [1.29, 1.82) is 0 Å². The molecule has 1 aromatic rings. The topological polar surface area (TPSA) is 84.2 Å². The fraction of sp³-hybridized carbons (Fsp3) is 0.500. The third-order valence-corrected chi connectivity index (χ3v) is 2.24. The fourth-order valence-electron chi connectivity index (χ4n) is 1.16. The van der Waals surface area contributed by atoms with Crippen molar-refractivity contribution in [2.75, 3.05) is 6.61 Å². The van der Waals surface area contributed by atoms with E-state index in [9.17, 15) is 9.59 Å². The number of aliphatic hydroxyl groups is 1. The fourth-order valence-corrected chi connectivity index (χ4v) is 1.16. The highest BCUT2D eigenvalue weighted by molar-refractivity contribution is 5.92. The molecule has 2 N–H and O–H groups in total. The molecule has 1 aromatic heterocycles. The third-order valence-electron chi connectivity index (χ3n) is 2.24. The normalized spacial score (nSPS) is 12.2. The number of rotatable bonds is 4. The van der Waals surface area contributed by atoms with Crippen molar-refractivity contribution in [3.8, 4) is 0 Å². The predicted octanol–water partition coefficient (Wildman–Crippen LogP) is -0.719. The summed E-state index contributed by atoms with van der Waals surface area (Å²) in [6.45, 7) is 1.74. The van der Waals surface area contributed by atoms with Gasteiger partial charge < -0.3 is 10.4 Å². The molecule has 1 amide bonds. The van der Waals surface area contributed by atoms with Crippen molar-refractivity contribution in [3.63, 3.8) is 0 Å². The Morgan fingerprint density at radius 3 is 2.81 bits per heavy atom. The maximum atomic E-state index is 11.6. The van der Waals surface area contributed by atoms with E-state index in [0.717, 1.165) is 4.68 Å². The van der Waals surface area contributed by atoms with Gasteiger partial charge in [0.1, 0.15) is 5.69 Å². The number of nitrogens with zero attached hydrogens (tertiary/aromatic N) is 2. The van der Waals surface area contributed by atoms with Gasteiger partial charge in [0.15, 0.2) is 0 Å². The molecule has 1 atom stereocenters. The van der Waals surface area contributed by atoms with Crippen LogP contribution in [-0.2, 0) is 7.05 Å². The Labute approximate surface area is 92.9 Å². The molecule has 0 aromatic carbocycles. The van der Waals surface area contributed by atoms with Crippen molar-refractivity contribution in [2.45, 2.75) is 19.4 Å². The summed E-state index contributed by atoms with van der Waals surface area (Å²) < 4.78 is 1.09.